The van der Waals surface area contributed by atoms with Gasteiger partial charge in [0.05, 0.1) is 6.61 Å². The molecule has 0 atom stereocenters. The maximum atomic E-state index is 8.81. The van der Waals surface area contributed by atoms with E-state index in [0.29, 0.717) is 6.61 Å². The van der Waals surface area contributed by atoms with Gasteiger partial charge in [0.15, 0.2) is 0 Å². The number of carbonyl (C=O) groups is 1. The van der Waals surface area contributed by atoms with Crippen molar-refractivity contribution in [1.82, 2.24) is 0 Å². The molecule has 0 bridgehead atoms. The summed E-state index contributed by atoms with van der Waals surface area (Å²) in [5.74, 6) is 0. The summed E-state index contributed by atoms with van der Waals surface area (Å²) in [6, 6.07) is 7.65. The van der Waals surface area contributed by atoms with Crippen LogP contribution in [-0.4, -0.2) is 13.4 Å². The zero-order valence-electron chi connectivity index (χ0n) is 7.99. The summed E-state index contributed by atoms with van der Waals surface area (Å²) in [6.45, 7) is 2.10. The Bertz CT molecular complexity index is 231. The number of carbonyl (C=O) groups excluding carboxylic acids is 1. The first kappa shape index (κ1) is 11.6. The Hall–Kier alpha value is -1.35. The normalized spacial score (nSPS) is 8.46. The molecule has 1 rings (SSSR count). The highest BCUT2D eigenvalue weighted by Crippen LogP contribution is 2.05. The number of anilines is 1. The molecule has 0 heterocycles. The van der Waals surface area contributed by atoms with Gasteiger partial charge in [-0.05, 0) is 24.6 Å². The van der Waals surface area contributed by atoms with E-state index in [1.54, 1.807) is 7.11 Å². The lowest BCUT2D eigenvalue weighted by Gasteiger charge is -1.98. The monoisotopic (exact) mass is 181 g/mol. The lowest BCUT2D eigenvalue weighted by Crippen LogP contribution is -1.88. The smallest absolute Gasteiger partial charge is 0.116 e. The fraction of sp³-hybridized carbons (Fsp3) is 0.300. The molecular weight excluding hydrogens is 166 g/mol. The van der Waals surface area contributed by atoms with Gasteiger partial charge in [0.25, 0.3) is 0 Å². The number of aldehydes is 1. The second-order valence-electron chi connectivity index (χ2n) is 2.41. The van der Waals surface area contributed by atoms with Crippen LogP contribution in [0.5, 0.6) is 0 Å². The fourth-order valence-electron chi connectivity index (χ4n) is 0.781. The predicted molar refractivity (Wildman–Crippen MR) is 53.3 cm³/mol. The minimum absolute atomic E-state index is 0.653. The number of rotatable bonds is 2. The minimum Gasteiger partial charge on any atom is -0.399 e. The number of nitrogen functional groups attached to an aromatic ring is 1. The first-order chi connectivity index (χ1) is 6.24. The second kappa shape index (κ2) is 7.31. The Labute approximate surface area is 78.5 Å². The van der Waals surface area contributed by atoms with Gasteiger partial charge in [0.2, 0.25) is 0 Å². The van der Waals surface area contributed by atoms with E-state index in [-0.39, 0.29) is 0 Å². The molecule has 3 heteroatoms. The molecular formula is C10H15NO2. The molecule has 1 aromatic rings. The standard InChI is InChI=1S/C8H11NO.C2H4O/c1-10-6-7-2-4-8(9)5-3-7;1-2-3/h2-5H,6,9H2,1H3;2H,1H3. The number of nitrogens with two attached hydrogens (primary N) is 1. The molecule has 1 aromatic carbocycles. The zero-order chi connectivity index (χ0) is 10.1. The molecule has 0 saturated carbocycles. The third-order valence-corrected chi connectivity index (χ3v) is 1.29. The average molecular weight is 181 g/mol. The van der Waals surface area contributed by atoms with Crippen molar-refractivity contribution in [1.29, 1.82) is 0 Å². The summed E-state index contributed by atoms with van der Waals surface area (Å²) in [6.07, 6.45) is 0.750. The molecule has 0 radical (unpaired) electrons. The van der Waals surface area contributed by atoms with E-state index in [4.69, 9.17) is 15.3 Å². The van der Waals surface area contributed by atoms with E-state index in [2.05, 4.69) is 0 Å². The summed E-state index contributed by atoms with van der Waals surface area (Å²) >= 11 is 0. The van der Waals surface area contributed by atoms with Gasteiger partial charge in [-0.2, -0.15) is 0 Å². The van der Waals surface area contributed by atoms with E-state index in [1.165, 1.54) is 6.92 Å². The van der Waals surface area contributed by atoms with Crippen molar-refractivity contribution in [3.05, 3.63) is 29.8 Å². The molecule has 3 nitrogen and oxygen atoms in total. The SMILES string of the molecule is CC=O.COCc1ccc(N)cc1. The van der Waals surface area contributed by atoms with Crippen molar-refractivity contribution in [2.45, 2.75) is 13.5 Å². The number of hydrogen-bond donors (Lipinski definition) is 1. The van der Waals surface area contributed by atoms with Crippen molar-refractivity contribution in [2.75, 3.05) is 12.8 Å². The zero-order valence-corrected chi connectivity index (χ0v) is 7.99. The molecule has 0 saturated heterocycles. The molecule has 13 heavy (non-hydrogen) atoms. The Morgan fingerprint density at radius 1 is 1.38 bits per heavy atom. The van der Waals surface area contributed by atoms with Crippen LogP contribution in [0.25, 0.3) is 0 Å². The minimum atomic E-state index is 0.653. The van der Waals surface area contributed by atoms with E-state index in [1.807, 2.05) is 24.3 Å². The average Bonchev–Trinajstić information content (AvgIpc) is 2.11. The topological polar surface area (TPSA) is 52.3 Å². The predicted octanol–water partition coefficient (Wildman–Crippen LogP) is 1.62. The molecule has 0 aliphatic rings. The Morgan fingerprint density at radius 3 is 2.23 bits per heavy atom. The van der Waals surface area contributed by atoms with Gasteiger partial charge in [-0.1, -0.05) is 12.1 Å². The molecule has 0 spiro atoms. The lowest BCUT2D eigenvalue weighted by molar-refractivity contribution is -0.106. The first-order valence-corrected chi connectivity index (χ1v) is 3.97. The van der Waals surface area contributed by atoms with Crippen LogP contribution in [0.1, 0.15) is 12.5 Å². The Kier molecular flexibility index (Phi) is 6.55. The molecule has 0 amide bonds. The van der Waals surface area contributed by atoms with Crippen LogP contribution in [0.15, 0.2) is 24.3 Å². The van der Waals surface area contributed by atoms with Crippen LogP contribution < -0.4 is 5.73 Å². The van der Waals surface area contributed by atoms with Gasteiger partial charge < -0.3 is 15.3 Å². The van der Waals surface area contributed by atoms with Crippen LogP contribution in [0, 0.1) is 0 Å². The van der Waals surface area contributed by atoms with Crippen molar-refractivity contribution in [2.24, 2.45) is 0 Å². The molecule has 72 valence electrons. The van der Waals surface area contributed by atoms with Gasteiger partial charge in [0.1, 0.15) is 6.29 Å². The van der Waals surface area contributed by atoms with Crippen LogP contribution in [-0.2, 0) is 16.1 Å². The quantitative estimate of drug-likeness (QED) is 0.557. The fourth-order valence-corrected chi connectivity index (χ4v) is 0.781. The molecule has 0 unspecified atom stereocenters. The number of hydrogen-bond acceptors (Lipinski definition) is 3. The molecule has 0 aliphatic heterocycles. The number of benzene rings is 1. The number of ether oxygens (including phenoxy) is 1. The van der Waals surface area contributed by atoms with Crippen molar-refractivity contribution in [3.63, 3.8) is 0 Å². The summed E-state index contributed by atoms with van der Waals surface area (Å²) in [5, 5.41) is 0. The van der Waals surface area contributed by atoms with Gasteiger partial charge in [0, 0.05) is 12.8 Å². The first-order valence-electron chi connectivity index (χ1n) is 3.97. The van der Waals surface area contributed by atoms with Crippen molar-refractivity contribution >= 4 is 12.0 Å². The maximum absolute atomic E-state index is 8.81. The van der Waals surface area contributed by atoms with Crippen molar-refractivity contribution < 1.29 is 9.53 Å². The second-order valence-corrected chi connectivity index (χ2v) is 2.41. The summed E-state index contributed by atoms with van der Waals surface area (Å²) < 4.78 is 4.93. The molecule has 2 N–H and O–H groups in total. The maximum Gasteiger partial charge on any atom is 0.116 e. The van der Waals surface area contributed by atoms with Gasteiger partial charge in [-0.15, -0.1) is 0 Å². The van der Waals surface area contributed by atoms with E-state index >= 15 is 0 Å². The van der Waals surface area contributed by atoms with Gasteiger partial charge in [-0.25, -0.2) is 0 Å². The summed E-state index contributed by atoms with van der Waals surface area (Å²) in [4.78, 5) is 8.81. The van der Waals surface area contributed by atoms with Crippen LogP contribution in [0.2, 0.25) is 0 Å². The van der Waals surface area contributed by atoms with Gasteiger partial charge >= 0.3 is 0 Å². The van der Waals surface area contributed by atoms with E-state index < -0.39 is 0 Å². The molecule has 0 fully saturated rings. The van der Waals surface area contributed by atoms with E-state index in [0.717, 1.165) is 17.5 Å². The summed E-state index contributed by atoms with van der Waals surface area (Å²) in [7, 11) is 1.68. The highest BCUT2D eigenvalue weighted by Gasteiger charge is 1.88. The number of methoxy groups -OCH3 is 1. The summed E-state index contributed by atoms with van der Waals surface area (Å²) in [5.41, 5.74) is 7.42. The molecule has 0 aliphatic carbocycles. The third kappa shape index (κ3) is 5.87. The highest BCUT2D eigenvalue weighted by molar-refractivity contribution is 5.44. The van der Waals surface area contributed by atoms with E-state index in [9.17, 15) is 0 Å². The third-order valence-electron chi connectivity index (χ3n) is 1.29. The van der Waals surface area contributed by atoms with Crippen LogP contribution in [0.4, 0.5) is 5.69 Å². The van der Waals surface area contributed by atoms with Crippen LogP contribution in [0.3, 0.4) is 0 Å². The Morgan fingerprint density at radius 2 is 1.85 bits per heavy atom. The highest BCUT2D eigenvalue weighted by atomic mass is 16.5. The largest absolute Gasteiger partial charge is 0.399 e. The van der Waals surface area contributed by atoms with Crippen LogP contribution >= 0.6 is 0 Å². The molecule has 0 aromatic heterocycles. The van der Waals surface area contributed by atoms with Crippen molar-refractivity contribution in [3.8, 4) is 0 Å². The van der Waals surface area contributed by atoms with Gasteiger partial charge in [-0.3, -0.25) is 0 Å². The Balaban J connectivity index is 0.000000424. The lowest BCUT2D eigenvalue weighted by atomic mass is 10.2.